The van der Waals surface area contributed by atoms with Crippen LogP contribution in [-0.4, -0.2) is 25.0 Å². The number of carbonyl (C=O) groups excluding carboxylic acids is 1. The highest BCUT2D eigenvalue weighted by Gasteiger charge is 2.08. The van der Waals surface area contributed by atoms with E-state index in [1.54, 1.807) is 11.6 Å². The summed E-state index contributed by atoms with van der Waals surface area (Å²) in [6.45, 7) is 0. The third kappa shape index (κ3) is 1.60. The summed E-state index contributed by atoms with van der Waals surface area (Å²) in [5, 5.41) is 1.70. The average molecular weight is 157 g/mol. The van der Waals surface area contributed by atoms with Gasteiger partial charge in [0.15, 0.2) is 5.70 Å². The molecule has 3 nitrogen and oxygen atoms in total. The van der Waals surface area contributed by atoms with Crippen LogP contribution in [0.25, 0.3) is 0 Å². The quantitative estimate of drug-likeness (QED) is 0.529. The largest absolute Gasteiger partial charge is 0.464 e. The van der Waals surface area contributed by atoms with Gasteiger partial charge >= 0.3 is 5.97 Å². The van der Waals surface area contributed by atoms with Crippen molar-refractivity contribution in [2.75, 3.05) is 12.9 Å². The number of methoxy groups -OCH3 is 1. The molecule has 1 aliphatic heterocycles. The number of nitrogens with zero attached hydrogens (tertiary/aromatic N) is 1. The SMILES string of the molecule is COC(=O)C1=CSCC=N1. The zero-order valence-electron chi connectivity index (χ0n) is 5.53. The van der Waals surface area contributed by atoms with Gasteiger partial charge in [-0.2, -0.15) is 0 Å². The summed E-state index contributed by atoms with van der Waals surface area (Å²) in [6, 6.07) is 0. The van der Waals surface area contributed by atoms with Crippen molar-refractivity contribution < 1.29 is 9.53 Å². The van der Waals surface area contributed by atoms with Gasteiger partial charge in [0.25, 0.3) is 0 Å². The summed E-state index contributed by atoms with van der Waals surface area (Å²) in [4.78, 5) is 14.6. The van der Waals surface area contributed by atoms with Crippen LogP contribution in [0.3, 0.4) is 0 Å². The van der Waals surface area contributed by atoms with Crippen molar-refractivity contribution in [2.24, 2.45) is 4.99 Å². The topological polar surface area (TPSA) is 38.7 Å². The maximum Gasteiger partial charge on any atom is 0.357 e. The highest BCUT2D eigenvalue weighted by atomic mass is 32.2. The summed E-state index contributed by atoms with van der Waals surface area (Å²) < 4.78 is 4.46. The number of rotatable bonds is 1. The predicted molar refractivity (Wildman–Crippen MR) is 41.0 cm³/mol. The van der Waals surface area contributed by atoms with Crippen LogP contribution in [0.5, 0.6) is 0 Å². The van der Waals surface area contributed by atoms with Gasteiger partial charge in [-0.1, -0.05) is 0 Å². The van der Waals surface area contributed by atoms with Crippen LogP contribution < -0.4 is 0 Å². The molecule has 1 heterocycles. The molecule has 0 aromatic heterocycles. The van der Waals surface area contributed by atoms with Gasteiger partial charge < -0.3 is 4.74 Å². The highest BCUT2D eigenvalue weighted by Crippen LogP contribution is 2.12. The molecule has 0 radical (unpaired) electrons. The normalized spacial score (nSPS) is 16.3. The van der Waals surface area contributed by atoms with Crippen LogP contribution in [0.1, 0.15) is 0 Å². The molecule has 0 spiro atoms. The number of hydrogen-bond donors (Lipinski definition) is 0. The summed E-state index contributed by atoms with van der Waals surface area (Å²) in [7, 11) is 1.35. The molecule has 0 saturated heterocycles. The molecule has 4 heteroatoms. The van der Waals surface area contributed by atoms with Crippen molar-refractivity contribution >= 4 is 23.9 Å². The first-order valence-corrected chi connectivity index (χ1v) is 3.82. The van der Waals surface area contributed by atoms with E-state index in [0.29, 0.717) is 5.70 Å². The fraction of sp³-hybridized carbons (Fsp3) is 0.333. The molecule has 0 saturated carbocycles. The Hall–Kier alpha value is -0.770. The van der Waals surface area contributed by atoms with Gasteiger partial charge in [-0.05, 0) is 0 Å². The Morgan fingerprint density at radius 2 is 2.70 bits per heavy atom. The van der Waals surface area contributed by atoms with Crippen LogP contribution in [-0.2, 0) is 9.53 Å². The van der Waals surface area contributed by atoms with Crippen molar-refractivity contribution in [1.29, 1.82) is 0 Å². The molecule has 1 rings (SSSR count). The van der Waals surface area contributed by atoms with E-state index in [-0.39, 0.29) is 5.97 Å². The second-order valence-corrected chi connectivity index (χ2v) is 2.54. The number of thioether (sulfide) groups is 1. The van der Waals surface area contributed by atoms with Gasteiger partial charge in [0.05, 0.1) is 7.11 Å². The second-order valence-electron chi connectivity index (χ2n) is 1.64. The first-order valence-electron chi connectivity index (χ1n) is 2.77. The molecule has 0 aromatic carbocycles. The number of esters is 1. The Labute approximate surface area is 63.2 Å². The Morgan fingerprint density at radius 1 is 1.90 bits per heavy atom. The lowest BCUT2D eigenvalue weighted by Crippen LogP contribution is -2.04. The van der Waals surface area contributed by atoms with Gasteiger partial charge in [-0.15, -0.1) is 11.8 Å². The molecule has 0 amide bonds. The Balaban J connectivity index is 2.63. The van der Waals surface area contributed by atoms with E-state index in [1.807, 2.05) is 0 Å². The van der Waals surface area contributed by atoms with E-state index in [9.17, 15) is 4.79 Å². The summed E-state index contributed by atoms with van der Waals surface area (Å²) >= 11 is 1.53. The highest BCUT2D eigenvalue weighted by molar-refractivity contribution is 8.02. The third-order valence-electron chi connectivity index (χ3n) is 0.991. The molecule has 10 heavy (non-hydrogen) atoms. The minimum absolute atomic E-state index is 0.372. The van der Waals surface area contributed by atoms with E-state index in [2.05, 4.69) is 9.73 Å². The first kappa shape index (κ1) is 7.34. The van der Waals surface area contributed by atoms with E-state index < -0.39 is 0 Å². The van der Waals surface area contributed by atoms with E-state index >= 15 is 0 Å². The number of hydrogen-bond acceptors (Lipinski definition) is 4. The predicted octanol–water partition coefficient (Wildman–Crippen LogP) is 0.818. The number of carbonyl (C=O) groups is 1. The molecule has 0 aromatic rings. The van der Waals surface area contributed by atoms with E-state index in [0.717, 1.165) is 5.75 Å². The van der Waals surface area contributed by atoms with Gasteiger partial charge in [-0.3, -0.25) is 4.99 Å². The van der Waals surface area contributed by atoms with E-state index in [4.69, 9.17) is 0 Å². The molecule has 0 fully saturated rings. The zero-order chi connectivity index (χ0) is 7.40. The lowest BCUT2D eigenvalue weighted by molar-refractivity contribution is -0.136. The van der Waals surface area contributed by atoms with Crippen LogP contribution >= 0.6 is 11.8 Å². The fourth-order valence-corrected chi connectivity index (χ4v) is 1.11. The Kier molecular flexibility index (Phi) is 2.50. The van der Waals surface area contributed by atoms with Gasteiger partial charge in [-0.25, -0.2) is 4.79 Å². The molecule has 0 N–H and O–H groups in total. The van der Waals surface area contributed by atoms with Crippen molar-refractivity contribution in [3.63, 3.8) is 0 Å². The van der Waals surface area contributed by atoms with Crippen molar-refractivity contribution in [1.82, 2.24) is 0 Å². The van der Waals surface area contributed by atoms with Crippen molar-refractivity contribution in [3.8, 4) is 0 Å². The van der Waals surface area contributed by atoms with Crippen molar-refractivity contribution in [3.05, 3.63) is 11.1 Å². The Bertz CT molecular complexity index is 198. The minimum atomic E-state index is -0.372. The second kappa shape index (κ2) is 3.41. The van der Waals surface area contributed by atoms with Gasteiger partial charge in [0, 0.05) is 17.4 Å². The van der Waals surface area contributed by atoms with Crippen LogP contribution in [0.2, 0.25) is 0 Å². The third-order valence-corrected chi connectivity index (χ3v) is 1.72. The smallest absolute Gasteiger partial charge is 0.357 e. The zero-order valence-corrected chi connectivity index (χ0v) is 6.35. The number of aliphatic imine (C=N–C) groups is 1. The monoisotopic (exact) mass is 157 g/mol. The Morgan fingerprint density at radius 3 is 3.20 bits per heavy atom. The first-order chi connectivity index (χ1) is 4.84. The molecule has 1 aliphatic rings. The summed E-state index contributed by atoms with van der Waals surface area (Å²) in [5.41, 5.74) is 0.388. The van der Waals surface area contributed by atoms with Crippen LogP contribution in [0.15, 0.2) is 16.1 Å². The van der Waals surface area contributed by atoms with E-state index in [1.165, 1.54) is 18.9 Å². The van der Waals surface area contributed by atoms with Crippen LogP contribution in [0.4, 0.5) is 0 Å². The summed E-state index contributed by atoms with van der Waals surface area (Å²) in [5.74, 6) is 0.462. The molecule has 0 bridgehead atoms. The van der Waals surface area contributed by atoms with Gasteiger partial charge in [0.1, 0.15) is 0 Å². The minimum Gasteiger partial charge on any atom is -0.464 e. The number of ether oxygens (including phenoxy) is 1. The van der Waals surface area contributed by atoms with Crippen LogP contribution in [0, 0.1) is 0 Å². The maximum absolute atomic E-state index is 10.7. The standard InChI is InChI=1S/C6H7NO2S/c1-9-6(8)5-4-10-3-2-7-5/h2,4H,3H2,1H3. The molecular formula is C6H7NO2S. The molecular weight excluding hydrogens is 150 g/mol. The molecule has 0 atom stereocenters. The molecule has 0 unspecified atom stereocenters. The molecule has 0 aliphatic carbocycles. The summed E-state index contributed by atoms with van der Waals surface area (Å²) in [6.07, 6.45) is 1.69. The van der Waals surface area contributed by atoms with Gasteiger partial charge in [0.2, 0.25) is 0 Å². The lowest BCUT2D eigenvalue weighted by Gasteiger charge is -2.01. The van der Waals surface area contributed by atoms with Crippen molar-refractivity contribution in [2.45, 2.75) is 0 Å². The molecule has 54 valence electrons. The maximum atomic E-state index is 10.7. The average Bonchev–Trinajstić information content (AvgIpc) is 2.05. The fourth-order valence-electron chi connectivity index (χ4n) is 0.542. The lowest BCUT2D eigenvalue weighted by atomic mass is 10.5.